The van der Waals surface area contributed by atoms with Gasteiger partial charge in [0.15, 0.2) is 0 Å². The van der Waals surface area contributed by atoms with Crippen LogP contribution in [0, 0.1) is 23.2 Å². The van der Waals surface area contributed by atoms with Crippen molar-refractivity contribution in [2.45, 2.75) is 45.8 Å². The van der Waals surface area contributed by atoms with Gasteiger partial charge in [-0.3, -0.25) is 0 Å². The Hall–Kier alpha value is -2.31. The first-order valence-electron chi connectivity index (χ1n) is 16.6. The molecule has 4 aromatic rings. The van der Waals surface area contributed by atoms with Crippen molar-refractivity contribution in [2.75, 3.05) is 0 Å². The Kier molecular flexibility index (Phi) is 6.41. The fourth-order valence-electron chi connectivity index (χ4n) is 10.8. The van der Waals surface area contributed by atoms with Crippen molar-refractivity contribution in [3.8, 4) is 11.1 Å². The average Bonchev–Trinajstić information content (AvgIpc) is 3.68. The van der Waals surface area contributed by atoms with Crippen LogP contribution in [0.15, 0.2) is 133 Å². The third-order valence-electron chi connectivity index (χ3n) is 12.1. The molecular formula is C41H38Cl2Zr. The Morgan fingerprint density at radius 2 is 1.05 bits per heavy atom. The van der Waals surface area contributed by atoms with E-state index >= 15 is 0 Å². The number of rotatable bonds is 5. The van der Waals surface area contributed by atoms with Gasteiger partial charge in [0.1, 0.15) is 0 Å². The van der Waals surface area contributed by atoms with Gasteiger partial charge in [-0.25, -0.2) is 0 Å². The van der Waals surface area contributed by atoms with Crippen LogP contribution in [-0.4, -0.2) is 3.21 Å². The number of halogens is 2. The predicted octanol–water partition coefficient (Wildman–Crippen LogP) is 11.5. The number of fused-ring (bicyclic) bond motifs is 3. The van der Waals surface area contributed by atoms with Crippen molar-refractivity contribution in [3.63, 3.8) is 0 Å². The number of hydrogen-bond donors (Lipinski definition) is 0. The summed E-state index contributed by atoms with van der Waals surface area (Å²) in [4.78, 5) is 0. The summed E-state index contributed by atoms with van der Waals surface area (Å²) < 4.78 is 1.11. The van der Waals surface area contributed by atoms with Gasteiger partial charge in [-0.2, -0.15) is 0 Å². The van der Waals surface area contributed by atoms with Crippen LogP contribution in [0.2, 0.25) is 3.63 Å². The van der Waals surface area contributed by atoms with Gasteiger partial charge in [0.05, 0.1) is 0 Å². The molecule has 0 N–H and O–H groups in total. The van der Waals surface area contributed by atoms with Crippen LogP contribution in [0.5, 0.6) is 0 Å². The molecule has 220 valence electrons. The SMILES string of the molecule is [Cl][Zr]([Cl])(=[C](c1ccccc1)c1ccccc1)([CH]1C=CC(C23CC4CC(CC(C4)C2)C3)=C1)[CH]1c2ccccc2-c2ccccc21. The molecule has 0 radical (unpaired) electrons. The minimum atomic E-state index is -5.32. The molecule has 3 heteroatoms. The molecule has 0 nitrogen and oxygen atoms in total. The van der Waals surface area contributed by atoms with Crippen molar-refractivity contribution < 1.29 is 15.9 Å². The maximum atomic E-state index is 8.81. The number of benzene rings is 4. The monoisotopic (exact) mass is 690 g/mol. The summed E-state index contributed by atoms with van der Waals surface area (Å²) in [5.41, 5.74) is 9.30. The van der Waals surface area contributed by atoms with E-state index in [0.29, 0.717) is 5.41 Å². The normalized spacial score (nSPS) is 28.6. The molecule has 0 saturated heterocycles. The summed E-state index contributed by atoms with van der Waals surface area (Å²) in [7, 11) is 17.6. The van der Waals surface area contributed by atoms with E-state index in [0.717, 1.165) is 28.9 Å². The van der Waals surface area contributed by atoms with Gasteiger partial charge in [0, 0.05) is 0 Å². The van der Waals surface area contributed by atoms with Gasteiger partial charge >= 0.3 is 271 Å². The standard InChI is InChI=1S/C15H19.C13H9.C13H10.2ClH.Zr/c1-2-4-14(3-1)15-8-11-5-12(9-15)7-13(6-11)10-15;1-3-7-12-10(5-1)9-11-6-2-4-8-13(11)12;1-3-7-12(8-4-1)11-13-9-5-2-6-10-13;;;/h1-4,11-13H,5-10H2;1-9H;1-10H;2*1H;/q;;;;;+2/p-2. The van der Waals surface area contributed by atoms with Crippen LogP contribution < -0.4 is 0 Å². The molecule has 0 aliphatic heterocycles. The molecule has 4 fully saturated rings. The number of allylic oxidation sites excluding steroid dienone is 4. The van der Waals surface area contributed by atoms with Crippen molar-refractivity contribution in [1.29, 1.82) is 0 Å². The fourth-order valence-corrected chi connectivity index (χ4v) is 30.1. The molecule has 0 aromatic heterocycles. The van der Waals surface area contributed by atoms with E-state index in [4.69, 9.17) is 17.0 Å². The zero-order valence-corrected chi connectivity index (χ0v) is 29.0. The second-order valence-corrected chi connectivity index (χ2v) is 35.3. The Balaban J connectivity index is 1.36. The maximum absolute atomic E-state index is 8.81. The number of hydrogen-bond acceptors (Lipinski definition) is 0. The van der Waals surface area contributed by atoms with E-state index in [1.807, 2.05) is 0 Å². The third-order valence-corrected chi connectivity index (χ3v) is 31.7. The van der Waals surface area contributed by atoms with Gasteiger partial charge in [0.2, 0.25) is 0 Å². The Morgan fingerprint density at radius 1 is 0.591 bits per heavy atom. The van der Waals surface area contributed by atoms with Crippen molar-refractivity contribution in [2.24, 2.45) is 23.2 Å². The molecule has 0 amide bonds. The Bertz CT molecular complexity index is 1790. The van der Waals surface area contributed by atoms with Gasteiger partial charge < -0.3 is 0 Å². The second kappa shape index (κ2) is 10.1. The molecule has 1 unspecified atom stereocenters. The molecule has 4 aromatic carbocycles. The van der Waals surface area contributed by atoms with Crippen molar-refractivity contribution >= 4 is 20.2 Å². The first-order chi connectivity index (χ1) is 21.4. The summed E-state index contributed by atoms with van der Waals surface area (Å²) in [5, 5.41) is 0. The summed E-state index contributed by atoms with van der Waals surface area (Å²) in [6.45, 7) is 0. The van der Waals surface area contributed by atoms with E-state index in [2.05, 4.69) is 127 Å². The average molecular weight is 693 g/mol. The molecule has 44 heavy (non-hydrogen) atoms. The van der Waals surface area contributed by atoms with Crippen LogP contribution in [0.1, 0.15) is 64.4 Å². The third kappa shape index (κ3) is 4.01. The molecular weight excluding hydrogens is 655 g/mol. The Labute approximate surface area is 269 Å². The van der Waals surface area contributed by atoms with E-state index in [-0.39, 0.29) is 7.25 Å². The zero-order valence-electron chi connectivity index (χ0n) is 25.0. The predicted molar refractivity (Wildman–Crippen MR) is 183 cm³/mol. The molecule has 4 bridgehead atoms. The molecule has 10 rings (SSSR count). The van der Waals surface area contributed by atoms with Crippen LogP contribution in [0.4, 0.5) is 0 Å². The Morgan fingerprint density at radius 3 is 1.55 bits per heavy atom. The summed E-state index contributed by atoms with van der Waals surface area (Å²) >= 11 is -5.32. The molecule has 6 aliphatic carbocycles. The van der Waals surface area contributed by atoms with Crippen LogP contribution in [-0.2, 0) is 15.9 Å². The van der Waals surface area contributed by atoms with Gasteiger partial charge in [0.25, 0.3) is 0 Å². The summed E-state index contributed by atoms with van der Waals surface area (Å²) in [5.74, 6) is 2.69. The van der Waals surface area contributed by atoms with Crippen LogP contribution in [0.3, 0.4) is 0 Å². The topological polar surface area (TPSA) is 0 Å². The van der Waals surface area contributed by atoms with E-state index < -0.39 is 15.9 Å². The first kappa shape index (κ1) is 28.0. The first-order valence-corrected chi connectivity index (χ1v) is 27.0. The van der Waals surface area contributed by atoms with Crippen molar-refractivity contribution in [1.82, 2.24) is 0 Å². The van der Waals surface area contributed by atoms with E-state index in [1.165, 1.54) is 64.0 Å². The molecule has 4 saturated carbocycles. The van der Waals surface area contributed by atoms with Gasteiger partial charge in [-0.05, 0) is 0 Å². The van der Waals surface area contributed by atoms with Crippen molar-refractivity contribution in [3.05, 3.63) is 155 Å². The molecule has 6 aliphatic rings. The zero-order chi connectivity index (χ0) is 29.5. The fraction of sp³-hybridized carbons (Fsp3) is 0.293. The van der Waals surface area contributed by atoms with Gasteiger partial charge in [-0.1, -0.05) is 0 Å². The quantitative estimate of drug-likeness (QED) is 0.195. The summed E-state index contributed by atoms with van der Waals surface area (Å²) in [6, 6.07) is 39.5. The minimum absolute atomic E-state index is 0.0117. The molecule has 0 spiro atoms. The van der Waals surface area contributed by atoms with Gasteiger partial charge in [-0.15, -0.1) is 0 Å². The molecule has 1 atom stereocenters. The van der Waals surface area contributed by atoms with E-state index in [1.54, 1.807) is 5.57 Å². The molecule has 0 heterocycles. The van der Waals surface area contributed by atoms with Crippen LogP contribution >= 0.6 is 17.0 Å². The summed E-state index contributed by atoms with van der Waals surface area (Å²) in [6.07, 6.45) is 15.9. The van der Waals surface area contributed by atoms with Crippen LogP contribution in [0.25, 0.3) is 11.1 Å². The van der Waals surface area contributed by atoms with E-state index in [9.17, 15) is 0 Å². The second-order valence-electron chi connectivity index (χ2n) is 14.6.